The van der Waals surface area contributed by atoms with Gasteiger partial charge in [0, 0.05) is 20.1 Å². The van der Waals surface area contributed by atoms with Gasteiger partial charge in [-0.2, -0.15) is 0 Å². The SMILES string of the molecule is C[C@@H](NC(=O)N(C)CCN1CCCC1)c1ccc(O)cc1. The third kappa shape index (κ3) is 4.63. The fourth-order valence-electron chi connectivity index (χ4n) is 2.54. The standard InChI is InChI=1S/C16H25N3O2/c1-13(14-5-7-15(20)8-6-14)17-16(21)18(2)11-12-19-9-3-4-10-19/h5-8,13,20H,3-4,9-12H2,1-2H3,(H,17,21)/t13-/m1/s1. The summed E-state index contributed by atoms with van der Waals surface area (Å²) < 4.78 is 0. The fraction of sp³-hybridized carbons (Fsp3) is 0.562. The summed E-state index contributed by atoms with van der Waals surface area (Å²) in [6.45, 7) is 5.93. The van der Waals surface area contributed by atoms with Crippen molar-refractivity contribution in [2.75, 3.05) is 33.2 Å². The predicted octanol–water partition coefficient (Wildman–Crippen LogP) is 2.19. The topological polar surface area (TPSA) is 55.8 Å². The molecule has 1 fully saturated rings. The number of urea groups is 1. The predicted molar refractivity (Wildman–Crippen MR) is 83.4 cm³/mol. The lowest BCUT2D eigenvalue weighted by atomic mass is 10.1. The van der Waals surface area contributed by atoms with E-state index in [1.54, 1.807) is 17.0 Å². The lowest BCUT2D eigenvalue weighted by Gasteiger charge is -2.24. The molecule has 116 valence electrons. The molecule has 5 heteroatoms. The molecular formula is C16H25N3O2. The van der Waals surface area contributed by atoms with E-state index in [4.69, 9.17) is 0 Å². The molecule has 2 amide bonds. The highest BCUT2D eigenvalue weighted by atomic mass is 16.3. The van der Waals surface area contributed by atoms with Gasteiger partial charge in [0.25, 0.3) is 0 Å². The molecule has 2 N–H and O–H groups in total. The molecule has 1 heterocycles. The van der Waals surface area contributed by atoms with Crippen LogP contribution in [0.4, 0.5) is 4.79 Å². The molecule has 1 saturated heterocycles. The number of likely N-dealkylation sites (tertiary alicyclic amines) is 1. The number of nitrogens with zero attached hydrogens (tertiary/aromatic N) is 2. The molecule has 1 aromatic carbocycles. The number of rotatable bonds is 5. The van der Waals surface area contributed by atoms with Crippen molar-refractivity contribution < 1.29 is 9.90 Å². The molecule has 0 saturated carbocycles. The van der Waals surface area contributed by atoms with Gasteiger partial charge < -0.3 is 20.2 Å². The van der Waals surface area contributed by atoms with Crippen molar-refractivity contribution in [2.24, 2.45) is 0 Å². The van der Waals surface area contributed by atoms with Gasteiger partial charge in [-0.05, 0) is 50.6 Å². The minimum Gasteiger partial charge on any atom is -0.508 e. The van der Waals surface area contributed by atoms with Crippen molar-refractivity contribution >= 4 is 6.03 Å². The Morgan fingerprint density at radius 2 is 1.95 bits per heavy atom. The van der Waals surface area contributed by atoms with Gasteiger partial charge in [-0.1, -0.05) is 12.1 Å². The molecule has 1 aromatic rings. The van der Waals surface area contributed by atoms with Crippen LogP contribution in [-0.4, -0.2) is 54.2 Å². The average Bonchev–Trinajstić information content (AvgIpc) is 2.98. The number of phenolic OH excluding ortho intramolecular Hbond substituents is 1. The monoisotopic (exact) mass is 291 g/mol. The number of carbonyl (C=O) groups excluding carboxylic acids is 1. The number of benzene rings is 1. The van der Waals surface area contributed by atoms with Crippen molar-refractivity contribution in [1.29, 1.82) is 0 Å². The summed E-state index contributed by atoms with van der Waals surface area (Å²) >= 11 is 0. The van der Waals surface area contributed by atoms with Gasteiger partial charge in [0.1, 0.15) is 5.75 Å². The zero-order valence-electron chi connectivity index (χ0n) is 12.9. The Labute approximate surface area is 126 Å². The van der Waals surface area contributed by atoms with E-state index in [9.17, 15) is 9.90 Å². The molecule has 0 aliphatic carbocycles. The van der Waals surface area contributed by atoms with Gasteiger partial charge in [0.15, 0.2) is 0 Å². The number of amides is 2. The summed E-state index contributed by atoms with van der Waals surface area (Å²) in [4.78, 5) is 16.3. The number of aromatic hydroxyl groups is 1. The lowest BCUT2D eigenvalue weighted by molar-refractivity contribution is 0.197. The second-order valence-electron chi connectivity index (χ2n) is 5.73. The van der Waals surface area contributed by atoms with Crippen molar-refractivity contribution in [2.45, 2.75) is 25.8 Å². The molecule has 1 aliphatic heterocycles. The Bertz CT molecular complexity index is 455. The first-order chi connectivity index (χ1) is 10.1. The summed E-state index contributed by atoms with van der Waals surface area (Å²) in [5.74, 6) is 0.236. The molecule has 5 nitrogen and oxygen atoms in total. The number of hydrogen-bond acceptors (Lipinski definition) is 3. The van der Waals surface area contributed by atoms with Crippen LogP contribution in [0.15, 0.2) is 24.3 Å². The first-order valence-electron chi connectivity index (χ1n) is 7.59. The van der Waals surface area contributed by atoms with E-state index < -0.39 is 0 Å². The van der Waals surface area contributed by atoms with E-state index in [-0.39, 0.29) is 17.8 Å². The maximum absolute atomic E-state index is 12.1. The first kappa shape index (κ1) is 15.6. The Morgan fingerprint density at radius 1 is 1.33 bits per heavy atom. The van der Waals surface area contributed by atoms with E-state index in [0.717, 1.165) is 31.7 Å². The normalized spacial score (nSPS) is 16.7. The third-order valence-electron chi connectivity index (χ3n) is 4.03. The van der Waals surface area contributed by atoms with Gasteiger partial charge in [-0.3, -0.25) is 0 Å². The molecule has 0 radical (unpaired) electrons. The minimum absolute atomic E-state index is 0.0604. The maximum atomic E-state index is 12.1. The van der Waals surface area contributed by atoms with E-state index in [0.29, 0.717) is 0 Å². The summed E-state index contributed by atoms with van der Waals surface area (Å²) in [5.41, 5.74) is 0.981. The van der Waals surface area contributed by atoms with Crippen LogP contribution in [0.2, 0.25) is 0 Å². The van der Waals surface area contributed by atoms with Crippen molar-refractivity contribution in [3.63, 3.8) is 0 Å². The van der Waals surface area contributed by atoms with Gasteiger partial charge in [0.05, 0.1) is 6.04 Å². The highest BCUT2D eigenvalue weighted by molar-refractivity contribution is 5.74. The van der Waals surface area contributed by atoms with Crippen LogP contribution in [0.1, 0.15) is 31.4 Å². The smallest absolute Gasteiger partial charge is 0.317 e. The van der Waals surface area contributed by atoms with Gasteiger partial charge in [-0.25, -0.2) is 4.79 Å². The van der Waals surface area contributed by atoms with Gasteiger partial charge in [0.2, 0.25) is 0 Å². The largest absolute Gasteiger partial charge is 0.508 e. The third-order valence-corrected chi connectivity index (χ3v) is 4.03. The zero-order valence-corrected chi connectivity index (χ0v) is 12.9. The molecule has 1 aliphatic rings. The fourth-order valence-corrected chi connectivity index (χ4v) is 2.54. The maximum Gasteiger partial charge on any atom is 0.317 e. The van der Waals surface area contributed by atoms with Crippen LogP contribution >= 0.6 is 0 Å². The van der Waals surface area contributed by atoms with E-state index in [2.05, 4.69) is 10.2 Å². The van der Waals surface area contributed by atoms with Crippen LogP contribution in [0.5, 0.6) is 5.75 Å². The molecule has 2 rings (SSSR count). The molecule has 0 unspecified atom stereocenters. The van der Waals surface area contributed by atoms with Crippen LogP contribution < -0.4 is 5.32 Å². The summed E-state index contributed by atoms with van der Waals surface area (Å²) in [7, 11) is 1.83. The lowest BCUT2D eigenvalue weighted by Crippen LogP contribution is -2.42. The number of carbonyl (C=O) groups is 1. The summed E-state index contributed by atoms with van der Waals surface area (Å²) in [6.07, 6.45) is 2.54. The minimum atomic E-state index is -0.0765. The second-order valence-corrected chi connectivity index (χ2v) is 5.73. The molecular weight excluding hydrogens is 266 g/mol. The van der Waals surface area contributed by atoms with Gasteiger partial charge >= 0.3 is 6.03 Å². The molecule has 0 spiro atoms. The second kappa shape index (κ2) is 7.31. The van der Waals surface area contributed by atoms with Crippen molar-refractivity contribution in [3.8, 4) is 5.75 Å². The van der Waals surface area contributed by atoms with Crippen LogP contribution in [0.3, 0.4) is 0 Å². The Kier molecular flexibility index (Phi) is 5.44. The first-order valence-corrected chi connectivity index (χ1v) is 7.59. The van der Waals surface area contributed by atoms with E-state index >= 15 is 0 Å². The Balaban J connectivity index is 1.77. The molecule has 21 heavy (non-hydrogen) atoms. The van der Waals surface area contributed by atoms with Crippen molar-refractivity contribution in [1.82, 2.24) is 15.1 Å². The van der Waals surface area contributed by atoms with Crippen LogP contribution in [0, 0.1) is 0 Å². The number of phenols is 1. The Hall–Kier alpha value is -1.75. The zero-order chi connectivity index (χ0) is 15.2. The Morgan fingerprint density at radius 3 is 2.57 bits per heavy atom. The van der Waals surface area contributed by atoms with E-state index in [1.165, 1.54) is 12.8 Å². The number of hydrogen-bond donors (Lipinski definition) is 2. The summed E-state index contributed by atoms with van der Waals surface area (Å²) in [5, 5.41) is 12.3. The number of nitrogens with one attached hydrogen (secondary N) is 1. The van der Waals surface area contributed by atoms with E-state index in [1.807, 2.05) is 26.1 Å². The van der Waals surface area contributed by atoms with Crippen LogP contribution in [0.25, 0.3) is 0 Å². The average molecular weight is 291 g/mol. The van der Waals surface area contributed by atoms with Crippen molar-refractivity contribution in [3.05, 3.63) is 29.8 Å². The number of likely N-dealkylation sites (N-methyl/N-ethyl adjacent to an activating group) is 1. The highest BCUT2D eigenvalue weighted by Gasteiger charge is 2.16. The molecule has 0 aromatic heterocycles. The quantitative estimate of drug-likeness (QED) is 0.874. The molecule has 1 atom stereocenters. The highest BCUT2D eigenvalue weighted by Crippen LogP contribution is 2.16. The summed E-state index contributed by atoms with van der Waals surface area (Å²) in [6, 6.07) is 6.78. The van der Waals surface area contributed by atoms with Crippen LogP contribution in [-0.2, 0) is 0 Å². The van der Waals surface area contributed by atoms with Gasteiger partial charge in [-0.15, -0.1) is 0 Å². The molecule has 0 bridgehead atoms.